The molecule has 1 saturated heterocycles. The molecule has 39 heavy (non-hydrogen) atoms. The van der Waals surface area contributed by atoms with Gasteiger partial charge in [0, 0.05) is 24.4 Å². The number of carbonyl (C=O) groups excluding carboxylic acids is 2. The molecule has 1 amide bonds. The number of fused-ring (bicyclic) bond motifs is 7. The molecule has 0 spiro atoms. The van der Waals surface area contributed by atoms with Crippen molar-refractivity contribution in [3.05, 3.63) is 11.6 Å². The Morgan fingerprint density at radius 1 is 0.923 bits per heavy atom. The summed E-state index contributed by atoms with van der Waals surface area (Å²) < 4.78 is 5.54. The van der Waals surface area contributed by atoms with Crippen molar-refractivity contribution in [3.8, 4) is 0 Å². The number of morpholine rings is 1. The number of rotatable bonds is 1. The maximum Gasteiger partial charge on any atom is 0.228 e. The van der Waals surface area contributed by atoms with Crippen molar-refractivity contribution in [2.45, 2.75) is 112 Å². The predicted octanol–water partition coefficient (Wildman–Crippen LogP) is 6.19. The van der Waals surface area contributed by atoms with Crippen LogP contribution in [0.15, 0.2) is 11.6 Å². The van der Waals surface area contributed by atoms with Crippen LogP contribution in [0.4, 0.5) is 0 Å². The zero-order valence-electron chi connectivity index (χ0n) is 25.7. The van der Waals surface area contributed by atoms with E-state index in [9.17, 15) is 14.7 Å². The molecule has 5 nitrogen and oxygen atoms in total. The van der Waals surface area contributed by atoms with Crippen molar-refractivity contribution < 1.29 is 19.4 Å². The quantitative estimate of drug-likeness (QED) is 0.432. The van der Waals surface area contributed by atoms with Gasteiger partial charge in [-0.2, -0.15) is 0 Å². The normalized spacial score (nSPS) is 51.1. The minimum absolute atomic E-state index is 0.00131. The summed E-state index contributed by atoms with van der Waals surface area (Å²) >= 11 is 0. The molecule has 1 N–H and O–H groups in total. The van der Waals surface area contributed by atoms with Gasteiger partial charge in [0.25, 0.3) is 0 Å². The van der Waals surface area contributed by atoms with Crippen molar-refractivity contribution >= 4 is 11.7 Å². The highest BCUT2D eigenvalue weighted by Crippen LogP contribution is 2.75. The first-order chi connectivity index (χ1) is 18.1. The number of nitrogens with zero attached hydrogens (tertiary/aromatic N) is 1. The third kappa shape index (κ3) is 3.63. The van der Waals surface area contributed by atoms with E-state index < -0.39 is 0 Å². The van der Waals surface area contributed by atoms with E-state index in [-0.39, 0.29) is 50.4 Å². The third-order valence-corrected chi connectivity index (χ3v) is 14.4. The lowest BCUT2D eigenvalue weighted by Gasteiger charge is -2.70. The van der Waals surface area contributed by atoms with Gasteiger partial charge in [0.2, 0.25) is 5.91 Å². The Bertz CT molecular complexity index is 1090. The minimum Gasteiger partial charge on any atom is -0.393 e. The average molecular weight is 540 g/mol. The summed E-state index contributed by atoms with van der Waals surface area (Å²) in [5, 5.41) is 11.0. The van der Waals surface area contributed by atoms with Gasteiger partial charge in [-0.1, -0.05) is 54.0 Å². The molecular weight excluding hydrogens is 486 g/mol. The van der Waals surface area contributed by atoms with Gasteiger partial charge in [-0.05, 0) is 103 Å². The highest BCUT2D eigenvalue weighted by atomic mass is 16.5. The Morgan fingerprint density at radius 2 is 1.59 bits per heavy atom. The molecule has 9 unspecified atom stereocenters. The molecule has 4 saturated carbocycles. The van der Waals surface area contributed by atoms with Crippen LogP contribution < -0.4 is 0 Å². The van der Waals surface area contributed by atoms with E-state index in [1.807, 2.05) is 4.90 Å². The number of amides is 1. The molecule has 6 aliphatic rings. The Kier molecular flexibility index (Phi) is 6.20. The van der Waals surface area contributed by atoms with Crippen molar-refractivity contribution in [2.24, 2.45) is 50.2 Å². The van der Waals surface area contributed by atoms with Gasteiger partial charge in [0.1, 0.15) is 0 Å². The van der Waals surface area contributed by atoms with Crippen molar-refractivity contribution in [2.75, 3.05) is 26.3 Å². The van der Waals surface area contributed by atoms with Crippen molar-refractivity contribution in [1.29, 1.82) is 0 Å². The second-order valence-corrected chi connectivity index (χ2v) is 16.5. The number of carbonyl (C=O) groups is 2. The summed E-state index contributed by atoms with van der Waals surface area (Å²) in [5.74, 6) is 1.26. The molecule has 5 heteroatoms. The molecule has 0 radical (unpaired) electrons. The number of hydrogen-bond donors (Lipinski definition) is 1. The Morgan fingerprint density at radius 3 is 2.28 bits per heavy atom. The zero-order chi connectivity index (χ0) is 28.2. The maximum atomic E-state index is 14.5. The van der Waals surface area contributed by atoms with Crippen LogP contribution in [0.25, 0.3) is 0 Å². The van der Waals surface area contributed by atoms with Gasteiger partial charge in [-0.15, -0.1) is 0 Å². The minimum atomic E-state index is -0.380. The molecule has 1 aliphatic heterocycles. The number of aliphatic hydroxyl groups is 1. The summed E-state index contributed by atoms with van der Waals surface area (Å²) in [7, 11) is 0. The standard InChI is InChI=1S/C34H53NO4/c1-29(2)25-8-11-34(7)27(32(25,5)10-9-26(29)37)24(36)20-22-23-21-31(4,28(38)35-16-18-39-19-17-35)13-12-30(23,3)14-15-33(22,34)6/h20,23,25-27,37H,8-19,21H2,1-7H3. The third-order valence-electron chi connectivity index (χ3n) is 14.4. The first-order valence-corrected chi connectivity index (χ1v) is 15.9. The number of ether oxygens (including phenoxy) is 1. The molecule has 5 aliphatic carbocycles. The second kappa shape index (κ2) is 8.66. The summed E-state index contributed by atoms with van der Waals surface area (Å²) in [5.41, 5.74) is 0.747. The van der Waals surface area contributed by atoms with Crippen LogP contribution in [-0.2, 0) is 14.3 Å². The summed E-state index contributed by atoms with van der Waals surface area (Å²) in [6, 6.07) is 0. The number of allylic oxidation sites excluding steroid dienone is 2. The fraction of sp³-hybridized carbons (Fsp3) is 0.882. The van der Waals surface area contributed by atoms with Crippen LogP contribution in [0.3, 0.4) is 0 Å². The van der Waals surface area contributed by atoms with Gasteiger partial charge >= 0.3 is 0 Å². The Labute approximate surface area is 236 Å². The van der Waals surface area contributed by atoms with Crippen LogP contribution in [-0.4, -0.2) is 54.1 Å². The topological polar surface area (TPSA) is 66.8 Å². The highest BCUT2D eigenvalue weighted by Gasteiger charge is 2.70. The smallest absolute Gasteiger partial charge is 0.228 e. The Hall–Kier alpha value is -1.20. The van der Waals surface area contributed by atoms with E-state index in [1.54, 1.807) is 0 Å². The lowest BCUT2D eigenvalue weighted by molar-refractivity contribution is -0.202. The Balaban J connectivity index is 1.39. The molecule has 5 fully saturated rings. The van der Waals surface area contributed by atoms with Crippen LogP contribution in [0.5, 0.6) is 0 Å². The molecule has 0 aromatic carbocycles. The number of aliphatic hydroxyl groups excluding tert-OH is 1. The zero-order valence-corrected chi connectivity index (χ0v) is 25.7. The first-order valence-electron chi connectivity index (χ1n) is 15.9. The van der Waals surface area contributed by atoms with E-state index in [1.165, 1.54) is 12.0 Å². The summed E-state index contributed by atoms with van der Waals surface area (Å²) in [4.78, 5) is 30.4. The fourth-order valence-electron chi connectivity index (χ4n) is 11.5. The van der Waals surface area contributed by atoms with Crippen LogP contribution >= 0.6 is 0 Å². The van der Waals surface area contributed by atoms with Gasteiger partial charge < -0.3 is 14.7 Å². The number of hydrogen-bond acceptors (Lipinski definition) is 4. The summed E-state index contributed by atoms with van der Waals surface area (Å²) in [6.07, 6.45) is 10.8. The maximum absolute atomic E-state index is 14.5. The van der Waals surface area contributed by atoms with Crippen LogP contribution in [0.1, 0.15) is 106 Å². The van der Waals surface area contributed by atoms with E-state index in [2.05, 4.69) is 54.5 Å². The molecule has 0 aromatic heterocycles. The average Bonchev–Trinajstić information content (AvgIpc) is 2.89. The van der Waals surface area contributed by atoms with Gasteiger partial charge in [0.05, 0.1) is 19.3 Å². The molecule has 1 heterocycles. The van der Waals surface area contributed by atoms with Gasteiger partial charge in [-0.25, -0.2) is 0 Å². The van der Waals surface area contributed by atoms with E-state index in [4.69, 9.17) is 4.74 Å². The lowest BCUT2D eigenvalue weighted by atomic mass is 9.33. The SMILES string of the molecule is CC1(C(=O)N2CCOCC2)CCC2(C)CCC3(C)C(=CC(=O)C4C5(C)CCC(O)C(C)(C)C5CCC43C)C2C1. The summed E-state index contributed by atoms with van der Waals surface area (Å²) in [6.45, 7) is 19.1. The van der Waals surface area contributed by atoms with E-state index in [0.29, 0.717) is 43.9 Å². The van der Waals surface area contributed by atoms with Crippen LogP contribution in [0.2, 0.25) is 0 Å². The first kappa shape index (κ1) is 27.9. The second-order valence-electron chi connectivity index (χ2n) is 16.5. The monoisotopic (exact) mass is 539 g/mol. The van der Waals surface area contributed by atoms with E-state index >= 15 is 0 Å². The molecule has 0 aromatic rings. The fourth-order valence-corrected chi connectivity index (χ4v) is 11.5. The molecular formula is C34H53NO4. The van der Waals surface area contributed by atoms with Gasteiger partial charge in [-0.3, -0.25) is 9.59 Å². The number of ketones is 1. The van der Waals surface area contributed by atoms with Crippen molar-refractivity contribution in [3.63, 3.8) is 0 Å². The van der Waals surface area contributed by atoms with Gasteiger partial charge in [0.15, 0.2) is 5.78 Å². The predicted molar refractivity (Wildman–Crippen MR) is 153 cm³/mol. The largest absolute Gasteiger partial charge is 0.393 e. The molecule has 218 valence electrons. The molecule has 6 rings (SSSR count). The lowest BCUT2D eigenvalue weighted by Crippen LogP contribution is -2.66. The van der Waals surface area contributed by atoms with Crippen LogP contribution in [0, 0.1) is 50.2 Å². The molecule has 9 atom stereocenters. The van der Waals surface area contributed by atoms with Crippen molar-refractivity contribution in [1.82, 2.24) is 4.90 Å². The molecule has 0 bridgehead atoms. The highest BCUT2D eigenvalue weighted by molar-refractivity contribution is 5.95. The van der Waals surface area contributed by atoms with E-state index in [0.717, 1.165) is 51.4 Å².